The van der Waals surface area contributed by atoms with Gasteiger partial charge in [0.15, 0.2) is 16.3 Å². The van der Waals surface area contributed by atoms with Gasteiger partial charge in [0.25, 0.3) is 5.56 Å². The Bertz CT molecular complexity index is 1410. The van der Waals surface area contributed by atoms with Crippen LogP contribution in [-0.2, 0) is 9.53 Å². The van der Waals surface area contributed by atoms with Gasteiger partial charge in [0.05, 0.1) is 36.1 Å². The lowest BCUT2D eigenvalue weighted by atomic mass is 9.95. The fraction of sp³-hybridized carbons (Fsp3) is 0.208. The number of carbonyl (C=O) groups is 1. The van der Waals surface area contributed by atoms with Gasteiger partial charge in [0, 0.05) is 4.88 Å². The number of benzene rings is 1. The molecule has 0 radical (unpaired) electrons. The maximum absolute atomic E-state index is 13.5. The number of allylic oxidation sites excluding steroid dienone is 1. The quantitative estimate of drug-likeness (QED) is 0.382. The van der Waals surface area contributed by atoms with Gasteiger partial charge in [0.1, 0.15) is 6.61 Å². The highest BCUT2D eigenvalue weighted by Crippen LogP contribution is 2.36. The van der Waals surface area contributed by atoms with Crippen molar-refractivity contribution >= 4 is 34.7 Å². The number of thiazole rings is 1. The van der Waals surface area contributed by atoms with Crippen molar-refractivity contribution in [1.29, 1.82) is 0 Å². The van der Waals surface area contributed by atoms with Crippen LogP contribution in [0.2, 0.25) is 0 Å². The van der Waals surface area contributed by atoms with Gasteiger partial charge in [-0.05, 0) is 42.1 Å². The summed E-state index contributed by atoms with van der Waals surface area (Å²) in [6, 6.07) is 8.46. The van der Waals surface area contributed by atoms with E-state index in [1.54, 1.807) is 42.1 Å². The van der Waals surface area contributed by atoms with E-state index in [-0.39, 0.29) is 12.2 Å². The van der Waals surface area contributed by atoms with Crippen molar-refractivity contribution < 1.29 is 19.0 Å². The highest BCUT2D eigenvalue weighted by molar-refractivity contribution is 7.11. The third-order valence-electron chi connectivity index (χ3n) is 5.11. The van der Waals surface area contributed by atoms with Gasteiger partial charge in [-0.25, -0.2) is 9.79 Å². The monoisotopic (exact) mass is 482 g/mol. The Morgan fingerprint density at radius 3 is 2.70 bits per heavy atom. The summed E-state index contributed by atoms with van der Waals surface area (Å²) in [7, 11) is 3.09. The predicted octanol–water partition coefficient (Wildman–Crippen LogP) is 3.04. The summed E-state index contributed by atoms with van der Waals surface area (Å²) in [4.78, 5) is 32.6. The maximum atomic E-state index is 13.5. The van der Waals surface area contributed by atoms with Crippen LogP contribution in [0, 0.1) is 0 Å². The molecule has 3 aromatic rings. The Balaban J connectivity index is 1.96. The Hall–Kier alpha value is -3.43. The van der Waals surface area contributed by atoms with Crippen LogP contribution in [0.25, 0.3) is 6.08 Å². The molecular formula is C24H22N2O5S2. The average Bonchev–Trinajstić information content (AvgIpc) is 3.44. The lowest BCUT2D eigenvalue weighted by Crippen LogP contribution is -2.39. The molecule has 0 aliphatic carbocycles. The SMILES string of the molecule is C=CCOC(=O)C1=C(C)N=c2s/c(=C\c3cccs3)c(=O)n2C1c1ccc(OC)c(OC)c1. The van der Waals surface area contributed by atoms with E-state index in [2.05, 4.69) is 11.6 Å². The number of thiophene rings is 1. The molecule has 0 spiro atoms. The van der Waals surface area contributed by atoms with Crippen molar-refractivity contribution in [2.45, 2.75) is 13.0 Å². The molecule has 1 atom stereocenters. The molecule has 0 N–H and O–H groups in total. The highest BCUT2D eigenvalue weighted by atomic mass is 32.1. The van der Waals surface area contributed by atoms with Gasteiger partial charge < -0.3 is 14.2 Å². The molecule has 2 aromatic heterocycles. The Morgan fingerprint density at radius 2 is 2.03 bits per heavy atom. The first-order valence-corrected chi connectivity index (χ1v) is 11.7. The molecule has 0 saturated heterocycles. The predicted molar refractivity (Wildman–Crippen MR) is 129 cm³/mol. The van der Waals surface area contributed by atoms with Crippen LogP contribution >= 0.6 is 22.7 Å². The number of aromatic nitrogens is 1. The van der Waals surface area contributed by atoms with E-state index in [1.165, 1.54) is 24.5 Å². The summed E-state index contributed by atoms with van der Waals surface area (Å²) < 4.78 is 18.3. The van der Waals surface area contributed by atoms with Crippen LogP contribution in [0.15, 0.2) is 69.4 Å². The summed E-state index contributed by atoms with van der Waals surface area (Å²) >= 11 is 2.83. The van der Waals surface area contributed by atoms with Crippen molar-refractivity contribution in [3.05, 3.63) is 89.8 Å². The van der Waals surface area contributed by atoms with E-state index in [1.807, 2.05) is 29.7 Å². The summed E-state index contributed by atoms with van der Waals surface area (Å²) in [6.45, 7) is 5.40. The largest absolute Gasteiger partial charge is 0.493 e. The van der Waals surface area contributed by atoms with E-state index in [0.717, 1.165) is 4.88 Å². The van der Waals surface area contributed by atoms with Gasteiger partial charge in [-0.3, -0.25) is 9.36 Å². The number of ether oxygens (including phenoxy) is 3. The number of hydrogen-bond acceptors (Lipinski definition) is 8. The van der Waals surface area contributed by atoms with E-state index < -0.39 is 12.0 Å². The fourth-order valence-corrected chi connectivity index (χ4v) is 5.41. The molecule has 3 heterocycles. The Kier molecular flexibility index (Phi) is 6.62. The molecule has 0 fully saturated rings. The molecular weight excluding hydrogens is 460 g/mol. The second kappa shape index (κ2) is 9.60. The van der Waals surface area contributed by atoms with Gasteiger partial charge in [-0.15, -0.1) is 11.3 Å². The zero-order valence-corrected chi connectivity index (χ0v) is 20.0. The molecule has 4 rings (SSSR count). The van der Waals surface area contributed by atoms with Crippen molar-refractivity contribution in [3.8, 4) is 11.5 Å². The van der Waals surface area contributed by atoms with E-state index in [0.29, 0.717) is 37.7 Å². The van der Waals surface area contributed by atoms with Crippen LogP contribution in [0.4, 0.5) is 0 Å². The molecule has 0 amide bonds. The third-order valence-corrected chi connectivity index (χ3v) is 6.92. The van der Waals surface area contributed by atoms with Gasteiger partial charge in [-0.2, -0.15) is 0 Å². The van der Waals surface area contributed by atoms with Crippen molar-refractivity contribution in [3.63, 3.8) is 0 Å². The summed E-state index contributed by atoms with van der Waals surface area (Å²) in [6.07, 6.45) is 3.34. The zero-order chi connectivity index (χ0) is 23.5. The number of rotatable bonds is 7. The second-order valence-electron chi connectivity index (χ2n) is 7.10. The van der Waals surface area contributed by atoms with Gasteiger partial charge in [-0.1, -0.05) is 36.1 Å². The molecule has 7 nitrogen and oxygen atoms in total. The minimum atomic E-state index is -0.733. The molecule has 1 aliphatic rings. The first-order valence-electron chi connectivity index (χ1n) is 10.0. The number of nitrogens with zero attached hydrogens (tertiary/aromatic N) is 2. The topological polar surface area (TPSA) is 79.1 Å². The number of methoxy groups -OCH3 is 2. The zero-order valence-electron chi connectivity index (χ0n) is 18.4. The van der Waals surface area contributed by atoms with Crippen molar-refractivity contribution in [2.75, 3.05) is 20.8 Å². The fourth-order valence-electron chi connectivity index (χ4n) is 3.64. The van der Waals surface area contributed by atoms with E-state index in [4.69, 9.17) is 14.2 Å². The summed E-state index contributed by atoms with van der Waals surface area (Å²) in [5.74, 6) is 0.482. The number of carbonyl (C=O) groups excluding carboxylic acids is 1. The normalized spacial score (nSPS) is 15.6. The molecule has 0 saturated carbocycles. The minimum Gasteiger partial charge on any atom is -0.493 e. The van der Waals surface area contributed by atoms with Crippen LogP contribution in [0.5, 0.6) is 11.5 Å². The van der Waals surface area contributed by atoms with Crippen LogP contribution < -0.4 is 24.4 Å². The van der Waals surface area contributed by atoms with Gasteiger partial charge in [0.2, 0.25) is 0 Å². The number of hydrogen-bond donors (Lipinski definition) is 0. The number of fused-ring (bicyclic) bond motifs is 1. The van der Waals surface area contributed by atoms with Gasteiger partial charge >= 0.3 is 5.97 Å². The standard InChI is InChI=1S/C24H22N2O5S2/c1-5-10-31-23(28)20-14(2)25-24-26(22(27)19(33-24)13-16-7-6-11-32-16)21(20)15-8-9-17(29-3)18(12-15)30-4/h5-9,11-13,21H,1,10H2,2-4H3/b19-13-. The lowest BCUT2D eigenvalue weighted by molar-refractivity contribution is -0.138. The maximum Gasteiger partial charge on any atom is 0.338 e. The average molecular weight is 483 g/mol. The van der Waals surface area contributed by atoms with Crippen molar-refractivity contribution in [1.82, 2.24) is 4.57 Å². The van der Waals surface area contributed by atoms with Crippen molar-refractivity contribution in [2.24, 2.45) is 4.99 Å². The molecule has 0 bridgehead atoms. The smallest absolute Gasteiger partial charge is 0.338 e. The summed E-state index contributed by atoms with van der Waals surface area (Å²) in [5, 5.41) is 1.95. The third kappa shape index (κ3) is 4.29. The molecule has 1 unspecified atom stereocenters. The molecule has 33 heavy (non-hydrogen) atoms. The minimum absolute atomic E-state index is 0.0526. The second-order valence-corrected chi connectivity index (χ2v) is 9.09. The van der Waals surface area contributed by atoms with E-state index in [9.17, 15) is 9.59 Å². The number of esters is 1. The molecule has 170 valence electrons. The molecule has 1 aromatic carbocycles. The molecule has 1 aliphatic heterocycles. The van der Waals surface area contributed by atoms with Crippen LogP contribution in [0.3, 0.4) is 0 Å². The summed E-state index contributed by atoms with van der Waals surface area (Å²) in [5.41, 5.74) is 1.23. The first-order chi connectivity index (χ1) is 16.0. The van der Waals surface area contributed by atoms with Crippen LogP contribution in [-0.4, -0.2) is 31.4 Å². The van der Waals surface area contributed by atoms with E-state index >= 15 is 0 Å². The molecule has 9 heteroatoms. The highest BCUT2D eigenvalue weighted by Gasteiger charge is 2.34. The van der Waals surface area contributed by atoms with Crippen LogP contribution in [0.1, 0.15) is 23.4 Å². The Labute approximate surface area is 198 Å². The first kappa shape index (κ1) is 22.8. The lowest BCUT2D eigenvalue weighted by Gasteiger charge is -2.25. The Morgan fingerprint density at radius 1 is 1.24 bits per heavy atom.